The van der Waals surface area contributed by atoms with E-state index in [1.54, 1.807) is 7.11 Å². The standard InChI is InChI=1S/C19H31N3O4S.HI/c1-3-26-12-5-11-20-19(22-15-18-6-4-13-27(18,23)24)21-14-16-7-9-17(25-2)10-8-16;/h7-10,18H,3-6,11-15H2,1-2H3,(H2,20,21,22);1H. The largest absolute Gasteiger partial charge is 0.497 e. The number of methoxy groups -OCH3 is 1. The Labute approximate surface area is 185 Å². The Balaban J connectivity index is 0.00000392. The lowest BCUT2D eigenvalue weighted by Gasteiger charge is -2.15. The predicted molar refractivity (Wildman–Crippen MR) is 123 cm³/mol. The van der Waals surface area contributed by atoms with Crippen molar-refractivity contribution in [3.63, 3.8) is 0 Å². The lowest BCUT2D eigenvalue weighted by molar-refractivity contribution is 0.145. The van der Waals surface area contributed by atoms with E-state index in [1.165, 1.54) is 0 Å². The molecular weight excluding hydrogens is 493 g/mol. The molecule has 9 heteroatoms. The van der Waals surface area contributed by atoms with Gasteiger partial charge in [0.2, 0.25) is 0 Å². The number of halogens is 1. The van der Waals surface area contributed by atoms with Crippen molar-refractivity contribution in [1.82, 2.24) is 10.6 Å². The molecule has 0 saturated carbocycles. The summed E-state index contributed by atoms with van der Waals surface area (Å²) >= 11 is 0. The Kier molecular flexibility index (Phi) is 11.8. The van der Waals surface area contributed by atoms with Crippen LogP contribution in [-0.2, 0) is 21.1 Å². The molecule has 0 aromatic heterocycles. The number of sulfone groups is 1. The first-order valence-electron chi connectivity index (χ1n) is 9.49. The van der Waals surface area contributed by atoms with Gasteiger partial charge in [0, 0.05) is 26.3 Å². The zero-order valence-corrected chi connectivity index (χ0v) is 19.8. The molecular formula is C19H32IN3O4S. The number of hydrogen-bond donors (Lipinski definition) is 2. The van der Waals surface area contributed by atoms with Crippen molar-refractivity contribution in [1.29, 1.82) is 0 Å². The van der Waals surface area contributed by atoms with Gasteiger partial charge in [0.1, 0.15) is 5.75 Å². The van der Waals surface area contributed by atoms with Crippen LogP contribution in [0.4, 0.5) is 0 Å². The number of nitrogens with one attached hydrogen (secondary N) is 2. The molecule has 1 heterocycles. The molecule has 1 unspecified atom stereocenters. The maximum Gasteiger partial charge on any atom is 0.191 e. The number of aliphatic imine (C=N–C) groups is 1. The molecule has 28 heavy (non-hydrogen) atoms. The maximum atomic E-state index is 12.0. The van der Waals surface area contributed by atoms with E-state index in [2.05, 4.69) is 15.6 Å². The normalized spacial score (nSPS) is 18.4. The van der Waals surface area contributed by atoms with Crippen molar-refractivity contribution in [2.75, 3.05) is 39.2 Å². The van der Waals surface area contributed by atoms with Crippen molar-refractivity contribution in [3.05, 3.63) is 29.8 Å². The monoisotopic (exact) mass is 525 g/mol. The molecule has 2 N–H and O–H groups in total. The quantitative estimate of drug-likeness (QED) is 0.211. The van der Waals surface area contributed by atoms with Gasteiger partial charge in [-0.15, -0.1) is 24.0 Å². The van der Waals surface area contributed by atoms with E-state index in [-0.39, 0.29) is 29.2 Å². The van der Waals surface area contributed by atoms with Crippen molar-refractivity contribution in [2.24, 2.45) is 4.99 Å². The average Bonchev–Trinajstić information content (AvgIpc) is 3.01. The second kappa shape index (κ2) is 13.2. The molecule has 0 bridgehead atoms. The number of nitrogens with zero attached hydrogens (tertiary/aromatic N) is 1. The fraction of sp³-hybridized carbons (Fsp3) is 0.632. The first-order valence-corrected chi connectivity index (χ1v) is 11.2. The summed E-state index contributed by atoms with van der Waals surface area (Å²) < 4.78 is 34.5. The van der Waals surface area contributed by atoms with Gasteiger partial charge in [-0.05, 0) is 43.9 Å². The molecule has 0 amide bonds. The highest BCUT2D eigenvalue weighted by atomic mass is 127. The van der Waals surface area contributed by atoms with Gasteiger partial charge in [0.15, 0.2) is 15.8 Å². The summed E-state index contributed by atoms with van der Waals surface area (Å²) in [7, 11) is -1.33. The highest BCUT2D eigenvalue weighted by Gasteiger charge is 2.31. The van der Waals surface area contributed by atoms with E-state index in [4.69, 9.17) is 9.47 Å². The zero-order valence-electron chi connectivity index (χ0n) is 16.6. The molecule has 160 valence electrons. The average molecular weight is 525 g/mol. The van der Waals surface area contributed by atoms with Crippen LogP contribution >= 0.6 is 24.0 Å². The van der Waals surface area contributed by atoms with Crippen LogP contribution < -0.4 is 15.4 Å². The van der Waals surface area contributed by atoms with Crippen LogP contribution in [0.2, 0.25) is 0 Å². The molecule has 0 spiro atoms. The molecule has 1 aromatic rings. The first kappa shape index (κ1) is 25.0. The Morgan fingerprint density at radius 1 is 1.25 bits per heavy atom. The Bertz CT molecular complexity index is 696. The van der Waals surface area contributed by atoms with E-state index < -0.39 is 9.84 Å². The van der Waals surface area contributed by atoms with Crippen LogP contribution in [0.3, 0.4) is 0 Å². The third-order valence-corrected chi connectivity index (χ3v) is 6.78. The molecule has 0 radical (unpaired) electrons. The van der Waals surface area contributed by atoms with E-state index in [0.29, 0.717) is 51.0 Å². The highest BCUT2D eigenvalue weighted by Crippen LogP contribution is 2.19. The number of ether oxygens (including phenoxy) is 2. The molecule has 7 nitrogen and oxygen atoms in total. The van der Waals surface area contributed by atoms with Gasteiger partial charge < -0.3 is 20.1 Å². The molecule has 1 fully saturated rings. The molecule has 1 saturated heterocycles. The molecule has 1 aliphatic heterocycles. The lowest BCUT2D eigenvalue weighted by atomic mass is 10.2. The number of rotatable bonds is 10. The van der Waals surface area contributed by atoms with Gasteiger partial charge in [-0.1, -0.05) is 12.1 Å². The second-order valence-electron chi connectivity index (χ2n) is 6.50. The summed E-state index contributed by atoms with van der Waals surface area (Å²) in [5.41, 5.74) is 1.06. The summed E-state index contributed by atoms with van der Waals surface area (Å²) in [5.74, 6) is 1.73. The van der Waals surface area contributed by atoms with Crippen molar-refractivity contribution < 1.29 is 17.9 Å². The molecule has 1 aliphatic rings. The third-order valence-electron chi connectivity index (χ3n) is 4.50. The van der Waals surface area contributed by atoms with E-state index >= 15 is 0 Å². The van der Waals surface area contributed by atoms with Gasteiger partial charge in [-0.25, -0.2) is 13.4 Å². The van der Waals surface area contributed by atoms with E-state index in [1.807, 2.05) is 31.2 Å². The van der Waals surface area contributed by atoms with E-state index in [9.17, 15) is 8.42 Å². The summed E-state index contributed by atoms with van der Waals surface area (Å²) in [4.78, 5) is 4.59. The first-order chi connectivity index (χ1) is 13.0. The smallest absolute Gasteiger partial charge is 0.191 e. The minimum atomic E-state index is -2.97. The molecule has 2 rings (SSSR count). The fourth-order valence-corrected chi connectivity index (χ4v) is 4.66. The Morgan fingerprint density at radius 3 is 2.61 bits per heavy atom. The van der Waals surface area contributed by atoms with Crippen molar-refractivity contribution >= 4 is 39.8 Å². The second-order valence-corrected chi connectivity index (χ2v) is 8.90. The van der Waals surface area contributed by atoms with Crippen molar-refractivity contribution in [3.8, 4) is 5.75 Å². The van der Waals surface area contributed by atoms with Gasteiger partial charge in [-0.3, -0.25) is 0 Å². The molecule has 0 aliphatic carbocycles. The predicted octanol–water partition coefficient (Wildman–Crippen LogP) is 2.35. The fourth-order valence-electron chi connectivity index (χ4n) is 2.90. The Morgan fingerprint density at radius 2 is 2.00 bits per heavy atom. The van der Waals surface area contributed by atoms with Crippen LogP contribution in [0.15, 0.2) is 29.3 Å². The van der Waals surface area contributed by atoms with Gasteiger partial charge in [0.25, 0.3) is 0 Å². The van der Waals surface area contributed by atoms with Crippen molar-refractivity contribution in [2.45, 2.75) is 38.0 Å². The molecule has 1 atom stereocenters. The third kappa shape index (κ3) is 8.52. The lowest BCUT2D eigenvalue weighted by Crippen LogP contribution is -2.42. The van der Waals surface area contributed by atoms with E-state index in [0.717, 1.165) is 24.2 Å². The Hall–Kier alpha value is -1.07. The van der Waals surface area contributed by atoms with Crippen LogP contribution in [0.25, 0.3) is 0 Å². The number of hydrogen-bond acceptors (Lipinski definition) is 5. The SMILES string of the molecule is CCOCCCNC(=NCc1ccc(OC)cc1)NCC1CCCS1(=O)=O.I. The zero-order chi connectivity index (χ0) is 19.5. The number of guanidine groups is 1. The topological polar surface area (TPSA) is 89.0 Å². The molecule has 1 aromatic carbocycles. The van der Waals surface area contributed by atoms with Crippen LogP contribution in [0.5, 0.6) is 5.75 Å². The van der Waals surface area contributed by atoms with Crippen LogP contribution in [0.1, 0.15) is 31.7 Å². The summed E-state index contributed by atoms with van der Waals surface area (Å²) in [6.45, 7) is 4.97. The van der Waals surface area contributed by atoms with Gasteiger partial charge in [0.05, 0.1) is 24.7 Å². The minimum absolute atomic E-state index is 0. The number of benzene rings is 1. The summed E-state index contributed by atoms with van der Waals surface area (Å²) in [6.07, 6.45) is 2.32. The van der Waals surface area contributed by atoms with Gasteiger partial charge >= 0.3 is 0 Å². The van der Waals surface area contributed by atoms with Crippen LogP contribution in [0, 0.1) is 0 Å². The summed E-state index contributed by atoms with van der Waals surface area (Å²) in [5, 5.41) is 6.13. The van der Waals surface area contributed by atoms with Crippen LogP contribution in [-0.4, -0.2) is 58.8 Å². The van der Waals surface area contributed by atoms with Gasteiger partial charge in [-0.2, -0.15) is 0 Å². The maximum absolute atomic E-state index is 12.0. The summed E-state index contributed by atoms with van der Waals surface area (Å²) in [6, 6.07) is 7.74. The minimum Gasteiger partial charge on any atom is -0.497 e. The highest BCUT2D eigenvalue weighted by molar-refractivity contribution is 14.0.